The van der Waals surface area contributed by atoms with Gasteiger partial charge >= 0.3 is 0 Å². The molecule has 1 aromatic carbocycles. The molecule has 2 heterocycles. The summed E-state index contributed by atoms with van der Waals surface area (Å²) < 4.78 is 5.22. The molecule has 0 atom stereocenters. The molecule has 3 aromatic rings. The van der Waals surface area contributed by atoms with E-state index in [1.165, 1.54) is 12.4 Å². The molecular formula is C18H18N4O2. The zero-order chi connectivity index (χ0) is 16.9. The van der Waals surface area contributed by atoms with Crippen LogP contribution in [0.4, 0.5) is 11.6 Å². The first-order valence-corrected chi connectivity index (χ1v) is 7.59. The average molecular weight is 322 g/mol. The number of amides is 1. The summed E-state index contributed by atoms with van der Waals surface area (Å²) in [5.74, 6) is 0.996. The number of aryl methyl sites for hydroxylation is 2. The Hall–Kier alpha value is -3.15. The lowest BCUT2D eigenvalue weighted by atomic mass is 10.1. The van der Waals surface area contributed by atoms with Gasteiger partial charge < -0.3 is 15.1 Å². The molecule has 0 aliphatic carbocycles. The number of nitrogens with zero attached hydrogens (tertiary/aromatic N) is 2. The molecule has 0 aliphatic rings. The number of hydrogen-bond acceptors (Lipinski definition) is 5. The highest BCUT2D eigenvalue weighted by atomic mass is 16.3. The van der Waals surface area contributed by atoms with Gasteiger partial charge in [-0.2, -0.15) is 0 Å². The first-order valence-electron chi connectivity index (χ1n) is 7.59. The number of aromatic nitrogens is 2. The van der Waals surface area contributed by atoms with Gasteiger partial charge in [0, 0.05) is 18.1 Å². The van der Waals surface area contributed by atoms with E-state index in [-0.39, 0.29) is 5.91 Å². The van der Waals surface area contributed by atoms with E-state index < -0.39 is 0 Å². The molecule has 2 N–H and O–H groups in total. The second kappa shape index (κ2) is 6.95. The lowest BCUT2D eigenvalue weighted by Gasteiger charge is -2.11. The zero-order valence-electron chi connectivity index (χ0n) is 13.5. The Kier molecular flexibility index (Phi) is 4.56. The van der Waals surface area contributed by atoms with Gasteiger partial charge in [-0.3, -0.25) is 4.79 Å². The van der Waals surface area contributed by atoms with E-state index in [9.17, 15) is 4.79 Å². The Morgan fingerprint density at radius 1 is 1.08 bits per heavy atom. The number of benzene rings is 1. The predicted octanol–water partition coefficient (Wildman–Crippen LogP) is 3.55. The largest absolute Gasteiger partial charge is 0.467 e. The quantitative estimate of drug-likeness (QED) is 0.751. The summed E-state index contributed by atoms with van der Waals surface area (Å²) in [6, 6.07) is 9.56. The Balaban J connectivity index is 1.65. The molecule has 6 nitrogen and oxygen atoms in total. The third-order valence-corrected chi connectivity index (χ3v) is 3.63. The number of hydrogen-bond donors (Lipinski definition) is 2. The second-order valence-electron chi connectivity index (χ2n) is 5.45. The number of furan rings is 1. The van der Waals surface area contributed by atoms with Gasteiger partial charge in [-0.1, -0.05) is 18.2 Å². The molecule has 2 aromatic heterocycles. The molecule has 122 valence electrons. The van der Waals surface area contributed by atoms with E-state index >= 15 is 0 Å². The Morgan fingerprint density at radius 3 is 2.42 bits per heavy atom. The van der Waals surface area contributed by atoms with Gasteiger partial charge in [0.2, 0.25) is 5.95 Å². The number of nitrogens with one attached hydrogen (secondary N) is 2. The van der Waals surface area contributed by atoms with E-state index in [1.807, 2.05) is 44.2 Å². The summed E-state index contributed by atoms with van der Waals surface area (Å²) in [7, 11) is 0. The number of para-hydroxylation sites is 1. The fourth-order valence-electron chi connectivity index (χ4n) is 2.31. The smallest absolute Gasteiger partial charge is 0.258 e. The van der Waals surface area contributed by atoms with Crippen molar-refractivity contribution in [3.63, 3.8) is 0 Å². The van der Waals surface area contributed by atoms with Crippen molar-refractivity contribution in [2.75, 3.05) is 10.6 Å². The lowest BCUT2D eigenvalue weighted by Crippen LogP contribution is -2.15. The first-order chi connectivity index (χ1) is 11.6. The van der Waals surface area contributed by atoms with E-state index in [0.29, 0.717) is 18.1 Å². The van der Waals surface area contributed by atoms with Crippen LogP contribution in [0.1, 0.15) is 27.2 Å². The molecular weight excluding hydrogens is 304 g/mol. The molecule has 0 unspecified atom stereocenters. The minimum Gasteiger partial charge on any atom is -0.467 e. The molecule has 0 bridgehead atoms. The van der Waals surface area contributed by atoms with Crippen molar-refractivity contribution in [1.82, 2.24) is 9.97 Å². The van der Waals surface area contributed by atoms with Crippen LogP contribution in [-0.4, -0.2) is 15.9 Å². The number of rotatable bonds is 5. The van der Waals surface area contributed by atoms with Gasteiger partial charge in [-0.25, -0.2) is 9.97 Å². The fourth-order valence-corrected chi connectivity index (χ4v) is 2.31. The van der Waals surface area contributed by atoms with Crippen LogP contribution in [0.25, 0.3) is 0 Å². The van der Waals surface area contributed by atoms with Crippen LogP contribution in [-0.2, 0) is 6.54 Å². The average Bonchev–Trinajstić information content (AvgIpc) is 3.10. The molecule has 0 spiro atoms. The minimum atomic E-state index is -0.231. The summed E-state index contributed by atoms with van der Waals surface area (Å²) in [4.78, 5) is 20.7. The van der Waals surface area contributed by atoms with Crippen LogP contribution in [0, 0.1) is 13.8 Å². The fraction of sp³-hybridized carbons (Fsp3) is 0.167. The SMILES string of the molecule is Cc1cccc(C)c1NC(=O)c1cnc(NCc2ccco2)nc1. The molecule has 0 fully saturated rings. The van der Waals surface area contributed by atoms with Crippen molar-refractivity contribution in [1.29, 1.82) is 0 Å². The Morgan fingerprint density at radius 2 is 1.79 bits per heavy atom. The van der Waals surface area contributed by atoms with Crippen molar-refractivity contribution in [2.24, 2.45) is 0 Å². The summed E-state index contributed by atoms with van der Waals surface area (Å²) in [5.41, 5.74) is 3.26. The van der Waals surface area contributed by atoms with Crippen LogP contribution in [0.15, 0.2) is 53.4 Å². The van der Waals surface area contributed by atoms with Crippen molar-refractivity contribution in [3.05, 3.63) is 71.4 Å². The number of anilines is 2. The van der Waals surface area contributed by atoms with Crippen molar-refractivity contribution >= 4 is 17.5 Å². The van der Waals surface area contributed by atoms with Gasteiger partial charge in [0.25, 0.3) is 5.91 Å². The van der Waals surface area contributed by atoms with Gasteiger partial charge in [0.1, 0.15) is 5.76 Å². The molecule has 24 heavy (non-hydrogen) atoms. The molecule has 3 rings (SSSR count). The maximum absolute atomic E-state index is 12.3. The minimum absolute atomic E-state index is 0.231. The molecule has 0 saturated carbocycles. The highest BCUT2D eigenvalue weighted by Gasteiger charge is 2.10. The van der Waals surface area contributed by atoms with Crippen LogP contribution in [0.3, 0.4) is 0 Å². The molecule has 0 aliphatic heterocycles. The van der Waals surface area contributed by atoms with Crippen molar-refractivity contribution < 1.29 is 9.21 Å². The van der Waals surface area contributed by atoms with Crippen LogP contribution in [0.2, 0.25) is 0 Å². The molecule has 0 saturated heterocycles. The molecule has 6 heteroatoms. The Labute approximate surface area is 140 Å². The normalized spacial score (nSPS) is 10.4. The van der Waals surface area contributed by atoms with Gasteiger partial charge in [0.05, 0.1) is 18.4 Å². The van der Waals surface area contributed by atoms with Crippen molar-refractivity contribution in [3.8, 4) is 0 Å². The van der Waals surface area contributed by atoms with Crippen molar-refractivity contribution in [2.45, 2.75) is 20.4 Å². The predicted molar refractivity (Wildman–Crippen MR) is 91.9 cm³/mol. The summed E-state index contributed by atoms with van der Waals surface area (Å²) >= 11 is 0. The Bertz CT molecular complexity index is 806. The topological polar surface area (TPSA) is 80.0 Å². The molecule has 0 radical (unpaired) electrons. The van der Waals surface area contributed by atoms with Crippen LogP contribution >= 0.6 is 0 Å². The maximum atomic E-state index is 12.3. The third-order valence-electron chi connectivity index (χ3n) is 3.63. The highest BCUT2D eigenvalue weighted by molar-refractivity contribution is 6.04. The second-order valence-corrected chi connectivity index (χ2v) is 5.45. The van der Waals surface area contributed by atoms with E-state index in [2.05, 4.69) is 20.6 Å². The van der Waals surface area contributed by atoms with E-state index in [0.717, 1.165) is 22.6 Å². The van der Waals surface area contributed by atoms with Gasteiger partial charge in [-0.15, -0.1) is 0 Å². The number of carbonyl (C=O) groups is 1. The van der Waals surface area contributed by atoms with Crippen LogP contribution in [0.5, 0.6) is 0 Å². The van der Waals surface area contributed by atoms with Gasteiger partial charge in [0.15, 0.2) is 0 Å². The third kappa shape index (κ3) is 3.60. The summed E-state index contributed by atoms with van der Waals surface area (Å²) in [6.45, 7) is 4.41. The first kappa shape index (κ1) is 15.7. The van der Waals surface area contributed by atoms with E-state index in [4.69, 9.17) is 4.42 Å². The summed E-state index contributed by atoms with van der Waals surface area (Å²) in [5, 5.41) is 5.95. The summed E-state index contributed by atoms with van der Waals surface area (Å²) in [6.07, 6.45) is 4.61. The highest BCUT2D eigenvalue weighted by Crippen LogP contribution is 2.20. The maximum Gasteiger partial charge on any atom is 0.258 e. The number of carbonyl (C=O) groups excluding carboxylic acids is 1. The van der Waals surface area contributed by atoms with E-state index in [1.54, 1.807) is 6.26 Å². The van der Waals surface area contributed by atoms with Crippen LogP contribution < -0.4 is 10.6 Å². The monoisotopic (exact) mass is 322 g/mol. The zero-order valence-corrected chi connectivity index (χ0v) is 13.5. The molecule has 1 amide bonds. The van der Waals surface area contributed by atoms with Gasteiger partial charge in [-0.05, 0) is 37.1 Å². The standard InChI is InChI=1S/C18H18N4O2/c1-12-5-3-6-13(2)16(12)22-17(23)14-9-19-18(20-10-14)21-11-15-7-4-8-24-15/h3-10H,11H2,1-2H3,(H,22,23)(H,19,20,21). The lowest BCUT2D eigenvalue weighted by molar-refractivity contribution is 0.102.